The molecule has 0 aliphatic carbocycles. The molecule has 2 nitrogen and oxygen atoms in total. The second-order valence-corrected chi connectivity index (χ2v) is 4.68. The van der Waals surface area contributed by atoms with Crippen LogP contribution < -0.4 is 0 Å². The third-order valence-corrected chi connectivity index (χ3v) is 3.43. The Morgan fingerprint density at radius 3 is 2.64 bits per heavy atom. The van der Waals surface area contributed by atoms with Crippen LogP contribution >= 0.6 is 11.6 Å². The van der Waals surface area contributed by atoms with E-state index in [1.807, 2.05) is 0 Å². The number of nitrogens with zero attached hydrogens (tertiary/aromatic N) is 2. The number of hydrogen-bond acceptors (Lipinski definition) is 2. The highest BCUT2D eigenvalue weighted by Crippen LogP contribution is 2.14. The van der Waals surface area contributed by atoms with Gasteiger partial charge in [0.15, 0.2) is 0 Å². The minimum atomic E-state index is 0.389. The van der Waals surface area contributed by atoms with Crippen LogP contribution in [0.2, 0.25) is 0 Å². The molecule has 0 radical (unpaired) electrons. The topological polar surface area (TPSA) is 6.48 Å². The fourth-order valence-corrected chi connectivity index (χ4v) is 2.37. The number of rotatable bonds is 5. The summed E-state index contributed by atoms with van der Waals surface area (Å²) in [5.41, 5.74) is 0. The Morgan fingerprint density at radius 1 is 1.36 bits per heavy atom. The monoisotopic (exact) mass is 218 g/mol. The van der Waals surface area contributed by atoms with Crippen LogP contribution in [0.3, 0.4) is 0 Å². The normalized spacial score (nSPS) is 24.4. The van der Waals surface area contributed by atoms with Gasteiger partial charge in [0.25, 0.3) is 0 Å². The zero-order chi connectivity index (χ0) is 10.4. The predicted octanol–water partition coefficient (Wildman–Crippen LogP) is 2.03. The first-order valence-electron chi connectivity index (χ1n) is 5.85. The van der Waals surface area contributed by atoms with E-state index < -0.39 is 0 Å². The van der Waals surface area contributed by atoms with Crippen molar-refractivity contribution in [3.8, 4) is 0 Å². The Labute approximate surface area is 93.2 Å². The van der Waals surface area contributed by atoms with Crippen LogP contribution in [0.5, 0.6) is 0 Å². The van der Waals surface area contributed by atoms with Crippen LogP contribution in [0.1, 0.15) is 26.7 Å². The fraction of sp³-hybridized carbons (Fsp3) is 1.00. The molecule has 0 aromatic heterocycles. The molecule has 0 bridgehead atoms. The number of piperidine rings is 1. The van der Waals surface area contributed by atoms with Gasteiger partial charge in [-0.25, -0.2) is 0 Å². The highest BCUT2D eigenvalue weighted by Gasteiger charge is 2.17. The maximum atomic E-state index is 6.14. The Balaban J connectivity index is 2.16. The lowest BCUT2D eigenvalue weighted by Gasteiger charge is -2.31. The fourth-order valence-electron chi connectivity index (χ4n) is 2.02. The minimum Gasteiger partial charge on any atom is -0.303 e. The van der Waals surface area contributed by atoms with Gasteiger partial charge in [-0.05, 0) is 32.5 Å². The summed E-state index contributed by atoms with van der Waals surface area (Å²) < 4.78 is 0. The van der Waals surface area contributed by atoms with Crippen molar-refractivity contribution in [1.82, 2.24) is 9.80 Å². The van der Waals surface area contributed by atoms with Gasteiger partial charge in [0.1, 0.15) is 0 Å². The van der Waals surface area contributed by atoms with E-state index in [-0.39, 0.29) is 0 Å². The zero-order valence-electron chi connectivity index (χ0n) is 9.51. The van der Waals surface area contributed by atoms with E-state index in [2.05, 4.69) is 23.6 Å². The molecule has 1 fully saturated rings. The second kappa shape index (κ2) is 6.65. The molecule has 0 spiro atoms. The van der Waals surface area contributed by atoms with Gasteiger partial charge < -0.3 is 9.80 Å². The molecular formula is C11H23ClN2. The Bertz CT molecular complexity index is 148. The lowest BCUT2D eigenvalue weighted by Crippen LogP contribution is -2.41. The van der Waals surface area contributed by atoms with E-state index in [9.17, 15) is 0 Å². The van der Waals surface area contributed by atoms with E-state index >= 15 is 0 Å². The minimum absolute atomic E-state index is 0.389. The van der Waals surface area contributed by atoms with E-state index in [1.165, 1.54) is 32.5 Å². The SMILES string of the molecule is CCN(CC)CCN1CCCC(Cl)C1. The van der Waals surface area contributed by atoms with Crippen molar-refractivity contribution in [2.45, 2.75) is 32.1 Å². The summed E-state index contributed by atoms with van der Waals surface area (Å²) in [5.74, 6) is 0. The standard InChI is InChI=1S/C11H23ClN2/c1-3-13(4-2)8-9-14-7-5-6-11(12)10-14/h11H,3-10H2,1-2H3. The lowest BCUT2D eigenvalue weighted by atomic mass is 10.1. The summed E-state index contributed by atoms with van der Waals surface area (Å²) in [7, 11) is 0. The first-order valence-corrected chi connectivity index (χ1v) is 6.28. The molecule has 1 saturated heterocycles. The molecule has 1 rings (SSSR count). The molecule has 0 aromatic rings. The molecule has 3 heteroatoms. The number of likely N-dealkylation sites (N-methyl/N-ethyl adjacent to an activating group) is 1. The molecule has 1 unspecified atom stereocenters. The third kappa shape index (κ3) is 4.16. The van der Waals surface area contributed by atoms with Crippen molar-refractivity contribution in [1.29, 1.82) is 0 Å². The molecule has 0 N–H and O–H groups in total. The number of halogens is 1. The van der Waals surface area contributed by atoms with Crippen LogP contribution in [0.4, 0.5) is 0 Å². The van der Waals surface area contributed by atoms with E-state index in [4.69, 9.17) is 11.6 Å². The molecule has 0 aromatic carbocycles. The molecule has 1 aliphatic heterocycles. The molecule has 1 atom stereocenters. The maximum Gasteiger partial charge on any atom is 0.0463 e. The van der Waals surface area contributed by atoms with Crippen LogP contribution in [0.15, 0.2) is 0 Å². The van der Waals surface area contributed by atoms with Gasteiger partial charge in [-0.1, -0.05) is 13.8 Å². The summed E-state index contributed by atoms with van der Waals surface area (Å²) in [5, 5.41) is 0.389. The average molecular weight is 219 g/mol. The zero-order valence-corrected chi connectivity index (χ0v) is 10.3. The summed E-state index contributed by atoms with van der Waals surface area (Å²) in [4.78, 5) is 4.97. The van der Waals surface area contributed by atoms with E-state index in [0.29, 0.717) is 5.38 Å². The van der Waals surface area contributed by atoms with Gasteiger partial charge in [-0.15, -0.1) is 11.6 Å². The largest absolute Gasteiger partial charge is 0.303 e. The highest BCUT2D eigenvalue weighted by atomic mass is 35.5. The van der Waals surface area contributed by atoms with Gasteiger partial charge in [0.05, 0.1) is 0 Å². The first kappa shape index (κ1) is 12.3. The van der Waals surface area contributed by atoms with Crippen molar-refractivity contribution in [2.24, 2.45) is 0 Å². The lowest BCUT2D eigenvalue weighted by molar-refractivity contribution is 0.191. The first-order chi connectivity index (χ1) is 6.76. The number of hydrogen-bond donors (Lipinski definition) is 0. The van der Waals surface area contributed by atoms with Crippen LogP contribution in [-0.4, -0.2) is 54.4 Å². The highest BCUT2D eigenvalue weighted by molar-refractivity contribution is 6.20. The van der Waals surface area contributed by atoms with Crippen LogP contribution in [0.25, 0.3) is 0 Å². The van der Waals surface area contributed by atoms with Gasteiger partial charge in [-0.2, -0.15) is 0 Å². The van der Waals surface area contributed by atoms with Gasteiger partial charge >= 0.3 is 0 Å². The maximum absolute atomic E-state index is 6.14. The molecule has 0 saturated carbocycles. The molecular weight excluding hydrogens is 196 g/mol. The van der Waals surface area contributed by atoms with E-state index in [0.717, 1.165) is 19.6 Å². The van der Waals surface area contributed by atoms with Crippen molar-refractivity contribution < 1.29 is 0 Å². The van der Waals surface area contributed by atoms with Crippen LogP contribution in [-0.2, 0) is 0 Å². The van der Waals surface area contributed by atoms with Crippen molar-refractivity contribution in [2.75, 3.05) is 39.3 Å². The summed E-state index contributed by atoms with van der Waals surface area (Å²) in [6, 6.07) is 0. The molecule has 1 aliphatic rings. The van der Waals surface area contributed by atoms with Crippen molar-refractivity contribution in [3.05, 3.63) is 0 Å². The summed E-state index contributed by atoms with van der Waals surface area (Å²) in [6.07, 6.45) is 2.47. The van der Waals surface area contributed by atoms with Crippen LogP contribution in [0, 0.1) is 0 Å². The Hall–Kier alpha value is 0.210. The average Bonchev–Trinajstić information content (AvgIpc) is 2.19. The second-order valence-electron chi connectivity index (χ2n) is 4.07. The Kier molecular flexibility index (Phi) is 5.83. The molecule has 1 heterocycles. The van der Waals surface area contributed by atoms with Crippen molar-refractivity contribution >= 4 is 11.6 Å². The smallest absolute Gasteiger partial charge is 0.0463 e. The molecule has 0 amide bonds. The molecule has 14 heavy (non-hydrogen) atoms. The van der Waals surface area contributed by atoms with Gasteiger partial charge in [-0.3, -0.25) is 0 Å². The quantitative estimate of drug-likeness (QED) is 0.652. The van der Waals surface area contributed by atoms with Gasteiger partial charge in [0, 0.05) is 25.0 Å². The summed E-state index contributed by atoms with van der Waals surface area (Å²) >= 11 is 6.14. The number of alkyl halides is 1. The molecule has 84 valence electrons. The summed E-state index contributed by atoms with van der Waals surface area (Å²) in [6.45, 7) is 11.5. The van der Waals surface area contributed by atoms with E-state index in [1.54, 1.807) is 0 Å². The Morgan fingerprint density at radius 2 is 2.07 bits per heavy atom. The van der Waals surface area contributed by atoms with Gasteiger partial charge in [0.2, 0.25) is 0 Å². The number of likely N-dealkylation sites (tertiary alicyclic amines) is 1. The van der Waals surface area contributed by atoms with Crippen molar-refractivity contribution in [3.63, 3.8) is 0 Å². The third-order valence-electron chi connectivity index (χ3n) is 3.07. The predicted molar refractivity (Wildman–Crippen MR) is 63.1 cm³/mol.